The van der Waals surface area contributed by atoms with Crippen LogP contribution in [0.1, 0.15) is 66.2 Å². The maximum absolute atomic E-state index is 3.80. The maximum atomic E-state index is 3.80. The molecule has 0 aromatic carbocycles. The minimum Gasteiger partial charge on any atom is -0.313 e. The Kier molecular flexibility index (Phi) is 5.11. The van der Waals surface area contributed by atoms with E-state index in [1.807, 2.05) is 0 Å². The molecule has 1 heteroatoms. The molecule has 1 aliphatic carbocycles. The first-order valence-electron chi connectivity index (χ1n) is 6.87. The van der Waals surface area contributed by atoms with E-state index in [9.17, 15) is 0 Å². The van der Waals surface area contributed by atoms with Crippen LogP contribution in [0.2, 0.25) is 0 Å². The van der Waals surface area contributed by atoms with E-state index in [1.54, 1.807) is 0 Å². The van der Waals surface area contributed by atoms with E-state index >= 15 is 0 Å². The number of nitrogens with one attached hydrogen (secondary N) is 1. The molecule has 0 spiro atoms. The monoisotopic (exact) mass is 211 g/mol. The molecule has 90 valence electrons. The summed E-state index contributed by atoms with van der Waals surface area (Å²) >= 11 is 0. The van der Waals surface area contributed by atoms with Gasteiger partial charge in [-0.25, -0.2) is 0 Å². The van der Waals surface area contributed by atoms with Gasteiger partial charge in [0.15, 0.2) is 0 Å². The summed E-state index contributed by atoms with van der Waals surface area (Å²) in [7, 11) is 0. The minimum absolute atomic E-state index is 0.574. The van der Waals surface area contributed by atoms with Crippen molar-refractivity contribution in [1.29, 1.82) is 0 Å². The van der Waals surface area contributed by atoms with Gasteiger partial charge in [0.1, 0.15) is 0 Å². The van der Waals surface area contributed by atoms with Crippen LogP contribution >= 0.6 is 0 Å². The molecule has 1 saturated carbocycles. The summed E-state index contributed by atoms with van der Waals surface area (Å²) in [5.74, 6) is 0.819. The predicted octanol–water partition coefficient (Wildman–Crippen LogP) is 3.98. The van der Waals surface area contributed by atoms with Crippen molar-refractivity contribution in [3.05, 3.63) is 0 Å². The fourth-order valence-corrected chi connectivity index (χ4v) is 3.16. The molecule has 2 unspecified atom stereocenters. The second kappa shape index (κ2) is 5.89. The number of rotatable bonds is 6. The first kappa shape index (κ1) is 13.0. The summed E-state index contributed by atoms with van der Waals surface area (Å²) < 4.78 is 0. The quantitative estimate of drug-likeness (QED) is 0.700. The van der Waals surface area contributed by atoms with Gasteiger partial charge in [0.25, 0.3) is 0 Å². The van der Waals surface area contributed by atoms with E-state index in [0.717, 1.165) is 12.0 Å². The average Bonchev–Trinajstić information content (AvgIpc) is 2.66. The molecule has 0 aromatic rings. The highest BCUT2D eigenvalue weighted by molar-refractivity contribution is 4.93. The maximum Gasteiger partial charge on any atom is 0.0146 e. The third kappa shape index (κ3) is 3.21. The SMILES string of the molecule is CCCNC(C(C)CC)C1(C)CCCC1. The average molecular weight is 211 g/mol. The van der Waals surface area contributed by atoms with Crippen molar-refractivity contribution in [3.8, 4) is 0 Å². The van der Waals surface area contributed by atoms with Crippen LogP contribution in [0.3, 0.4) is 0 Å². The Morgan fingerprint density at radius 1 is 1.20 bits per heavy atom. The van der Waals surface area contributed by atoms with Crippen LogP contribution in [0.15, 0.2) is 0 Å². The summed E-state index contributed by atoms with van der Waals surface area (Å²) in [6, 6.07) is 0.741. The Morgan fingerprint density at radius 2 is 1.80 bits per heavy atom. The van der Waals surface area contributed by atoms with E-state index in [1.165, 1.54) is 45.1 Å². The van der Waals surface area contributed by atoms with Gasteiger partial charge in [-0.05, 0) is 37.1 Å². The highest BCUT2D eigenvalue weighted by Crippen LogP contribution is 2.43. The van der Waals surface area contributed by atoms with Gasteiger partial charge in [-0.2, -0.15) is 0 Å². The lowest BCUT2D eigenvalue weighted by molar-refractivity contribution is 0.163. The van der Waals surface area contributed by atoms with Crippen LogP contribution in [-0.4, -0.2) is 12.6 Å². The fourth-order valence-electron chi connectivity index (χ4n) is 3.16. The molecule has 1 rings (SSSR count). The third-order valence-corrected chi connectivity index (χ3v) is 4.32. The second-order valence-electron chi connectivity index (χ2n) is 5.68. The summed E-state index contributed by atoms with van der Waals surface area (Å²) in [4.78, 5) is 0. The van der Waals surface area contributed by atoms with Crippen molar-refractivity contribution in [2.45, 2.75) is 72.3 Å². The van der Waals surface area contributed by atoms with Crippen LogP contribution in [0.4, 0.5) is 0 Å². The summed E-state index contributed by atoms with van der Waals surface area (Å²) in [6.45, 7) is 10.7. The molecule has 1 aliphatic rings. The smallest absolute Gasteiger partial charge is 0.0146 e. The zero-order valence-electron chi connectivity index (χ0n) is 11.1. The Morgan fingerprint density at radius 3 is 2.27 bits per heavy atom. The van der Waals surface area contributed by atoms with Gasteiger partial charge < -0.3 is 5.32 Å². The number of hydrogen-bond acceptors (Lipinski definition) is 1. The molecular formula is C14H29N. The Balaban J connectivity index is 2.61. The second-order valence-corrected chi connectivity index (χ2v) is 5.68. The third-order valence-electron chi connectivity index (χ3n) is 4.32. The van der Waals surface area contributed by atoms with Crippen LogP contribution in [0.5, 0.6) is 0 Å². The Hall–Kier alpha value is -0.0400. The van der Waals surface area contributed by atoms with Gasteiger partial charge in [0, 0.05) is 6.04 Å². The van der Waals surface area contributed by atoms with Crippen LogP contribution in [0.25, 0.3) is 0 Å². The first-order valence-corrected chi connectivity index (χ1v) is 6.87. The summed E-state index contributed by atoms with van der Waals surface area (Å²) in [5.41, 5.74) is 0.574. The van der Waals surface area contributed by atoms with Crippen molar-refractivity contribution in [3.63, 3.8) is 0 Å². The largest absolute Gasteiger partial charge is 0.313 e. The van der Waals surface area contributed by atoms with Gasteiger partial charge in [-0.3, -0.25) is 0 Å². The molecule has 1 nitrogen and oxygen atoms in total. The molecule has 0 saturated heterocycles. The molecule has 0 bridgehead atoms. The zero-order chi connectivity index (χ0) is 11.3. The molecule has 15 heavy (non-hydrogen) atoms. The molecule has 1 N–H and O–H groups in total. The molecule has 0 heterocycles. The summed E-state index contributed by atoms with van der Waals surface area (Å²) in [5, 5.41) is 3.80. The molecule has 2 atom stereocenters. The van der Waals surface area contributed by atoms with E-state index in [-0.39, 0.29) is 0 Å². The predicted molar refractivity (Wildman–Crippen MR) is 68.1 cm³/mol. The van der Waals surface area contributed by atoms with Gasteiger partial charge in [-0.1, -0.05) is 47.0 Å². The first-order chi connectivity index (χ1) is 7.14. The van der Waals surface area contributed by atoms with Crippen molar-refractivity contribution in [2.24, 2.45) is 11.3 Å². The lowest BCUT2D eigenvalue weighted by atomic mass is 9.74. The highest BCUT2D eigenvalue weighted by atomic mass is 14.9. The fraction of sp³-hybridized carbons (Fsp3) is 1.00. The standard InChI is InChI=1S/C14H29N/c1-5-11-15-13(12(3)6-2)14(4)9-7-8-10-14/h12-13,15H,5-11H2,1-4H3. The van der Waals surface area contributed by atoms with E-state index in [0.29, 0.717) is 5.41 Å². The zero-order valence-corrected chi connectivity index (χ0v) is 11.1. The molecule has 0 aliphatic heterocycles. The lowest BCUT2D eigenvalue weighted by Crippen LogP contribution is -2.46. The van der Waals surface area contributed by atoms with E-state index in [2.05, 4.69) is 33.0 Å². The van der Waals surface area contributed by atoms with E-state index in [4.69, 9.17) is 0 Å². The van der Waals surface area contributed by atoms with Gasteiger partial charge in [0.2, 0.25) is 0 Å². The van der Waals surface area contributed by atoms with Gasteiger partial charge in [-0.15, -0.1) is 0 Å². The number of hydrogen-bond donors (Lipinski definition) is 1. The van der Waals surface area contributed by atoms with Crippen LogP contribution < -0.4 is 5.32 Å². The van der Waals surface area contributed by atoms with Crippen molar-refractivity contribution >= 4 is 0 Å². The van der Waals surface area contributed by atoms with Crippen LogP contribution in [0, 0.1) is 11.3 Å². The minimum atomic E-state index is 0.574. The molecule has 0 radical (unpaired) electrons. The van der Waals surface area contributed by atoms with Crippen molar-refractivity contribution in [1.82, 2.24) is 5.32 Å². The van der Waals surface area contributed by atoms with E-state index < -0.39 is 0 Å². The van der Waals surface area contributed by atoms with Crippen molar-refractivity contribution in [2.75, 3.05) is 6.54 Å². The molecule has 0 aromatic heterocycles. The lowest BCUT2D eigenvalue weighted by Gasteiger charge is -2.39. The Labute approximate surface area is 96.0 Å². The van der Waals surface area contributed by atoms with Gasteiger partial charge >= 0.3 is 0 Å². The molecule has 0 amide bonds. The molecular weight excluding hydrogens is 182 g/mol. The summed E-state index contributed by atoms with van der Waals surface area (Å²) in [6.07, 6.45) is 8.30. The van der Waals surface area contributed by atoms with Crippen LogP contribution in [-0.2, 0) is 0 Å². The topological polar surface area (TPSA) is 12.0 Å². The van der Waals surface area contributed by atoms with Gasteiger partial charge in [0.05, 0.1) is 0 Å². The van der Waals surface area contributed by atoms with Crippen molar-refractivity contribution < 1.29 is 0 Å². The Bertz CT molecular complexity index is 170. The highest BCUT2D eigenvalue weighted by Gasteiger charge is 2.38. The molecule has 1 fully saturated rings. The normalized spacial score (nSPS) is 24.0.